The number of nitrogens with one attached hydrogen (secondary N) is 2. The molecule has 1 aliphatic carbocycles. The Balaban J connectivity index is 2.30. The summed E-state index contributed by atoms with van der Waals surface area (Å²) in [6, 6.07) is -0.269. The fraction of sp³-hybridized carbons (Fsp3) is 0.857. The van der Waals surface area contributed by atoms with Crippen LogP contribution >= 0.6 is 0 Å². The van der Waals surface area contributed by atoms with Gasteiger partial charge in [-0.05, 0) is 39.0 Å². The summed E-state index contributed by atoms with van der Waals surface area (Å²) < 4.78 is 5.49. The SMILES string of the molecule is CCOC(C)(C)CNC(=O)NCC1(CC(=O)O)CCC1. The molecule has 1 rings (SSSR count). The minimum atomic E-state index is -0.801. The first kappa shape index (κ1) is 16.8. The Morgan fingerprint density at radius 2 is 1.95 bits per heavy atom. The Kier molecular flexibility index (Phi) is 5.80. The van der Waals surface area contributed by atoms with Crippen molar-refractivity contribution in [3.05, 3.63) is 0 Å². The summed E-state index contributed by atoms with van der Waals surface area (Å²) in [6.07, 6.45) is 2.89. The third kappa shape index (κ3) is 5.36. The Morgan fingerprint density at radius 3 is 2.40 bits per heavy atom. The van der Waals surface area contributed by atoms with Gasteiger partial charge in [0.1, 0.15) is 0 Å². The van der Waals surface area contributed by atoms with E-state index in [0.717, 1.165) is 19.3 Å². The molecular weight excluding hydrogens is 260 g/mol. The predicted octanol–water partition coefficient (Wildman–Crippen LogP) is 1.75. The molecule has 6 nitrogen and oxygen atoms in total. The number of rotatable bonds is 8. The van der Waals surface area contributed by atoms with Crippen molar-refractivity contribution in [2.24, 2.45) is 5.41 Å². The van der Waals surface area contributed by atoms with E-state index in [9.17, 15) is 9.59 Å². The number of ether oxygens (including phenoxy) is 1. The monoisotopic (exact) mass is 286 g/mol. The molecule has 0 aromatic carbocycles. The van der Waals surface area contributed by atoms with E-state index in [1.165, 1.54) is 0 Å². The Labute approximate surface area is 120 Å². The average molecular weight is 286 g/mol. The summed E-state index contributed by atoms with van der Waals surface area (Å²) in [4.78, 5) is 22.6. The fourth-order valence-corrected chi connectivity index (χ4v) is 2.48. The van der Waals surface area contributed by atoms with Crippen molar-refractivity contribution in [3.63, 3.8) is 0 Å². The summed E-state index contributed by atoms with van der Waals surface area (Å²) in [5.74, 6) is -0.801. The standard InChI is InChI=1S/C14H26N2O4/c1-4-20-13(2,3)9-15-12(19)16-10-14(6-5-7-14)8-11(17)18/h4-10H2,1-3H3,(H,17,18)(H2,15,16,19). The first-order valence-corrected chi connectivity index (χ1v) is 7.16. The molecule has 0 aromatic heterocycles. The molecule has 0 aliphatic heterocycles. The molecule has 20 heavy (non-hydrogen) atoms. The zero-order valence-corrected chi connectivity index (χ0v) is 12.6. The summed E-state index contributed by atoms with van der Waals surface area (Å²) in [5.41, 5.74) is -0.653. The lowest BCUT2D eigenvalue weighted by Crippen LogP contribution is -2.49. The summed E-state index contributed by atoms with van der Waals surface area (Å²) in [5, 5.41) is 14.4. The number of amides is 2. The molecule has 0 heterocycles. The number of hydrogen-bond acceptors (Lipinski definition) is 3. The Hall–Kier alpha value is -1.30. The van der Waals surface area contributed by atoms with Crippen LogP contribution in [-0.2, 0) is 9.53 Å². The maximum atomic E-state index is 11.7. The maximum Gasteiger partial charge on any atom is 0.314 e. The number of aliphatic carboxylic acids is 1. The Bertz CT molecular complexity index is 351. The number of hydrogen-bond donors (Lipinski definition) is 3. The molecule has 1 fully saturated rings. The molecule has 2 amide bonds. The van der Waals surface area contributed by atoms with E-state index in [0.29, 0.717) is 19.7 Å². The van der Waals surface area contributed by atoms with Crippen LogP contribution in [-0.4, -0.2) is 42.4 Å². The molecular formula is C14H26N2O4. The van der Waals surface area contributed by atoms with E-state index in [-0.39, 0.29) is 17.9 Å². The molecule has 1 aliphatic rings. The maximum absolute atomic E-state index is 11.7. The molecule has 0 bridgehead atoms. The minimum Gasteiger partial charge on any atom is -0.481 e. The highest BCUT2D eigenvalue weighted by Crippen LogP contribution is 2.43. The number of carbonyl (C=O) groups excluding carboxylic acids is 1. The van der Waals surface area contributed by atoms with Gasteiger partial charge in [-0.15, -0.1) is 0 Å². The van der Waals surface area contributed by atoms with Gasteiger partial charge >= 0.3 is 12.0 Å². The van der Waals surface area contributed by atoms with Gasteiger partial charge in [0.2, 0.25) is 0 Å². The van der Waals surface area contributed by atoms with Crippen LogP contribution in [0.4, 0.5) is 4.79 Å². The van der Waals surface area contributed by atoms with Gasteiger partial charge in [-0.1, -0.05) is 6.42 Å². The second-order valence-electron chi connectivity index (χ2n) is 6.15. The van der Waals surface area contributed by atoms with E-state index in [1.54, 1.807) is 0 Å². The van der Waals surface area contributed by atoms with E-state index < -0.39 is 11.6 Å². The molecule has 3 N–H and O–H groups in total. The van der Waals surface area contributed by atoms with Crippen molar-refractivity contribution in [1.82, 2.24) is 10.6 Å². The van der Waals surface area contributed by atoms with Crippen LogP contribution in [0.25, 0.3) is 0 Å². The van der Waals surface area contributed by atoms with Crippen molar-refractivity contribution < 1.29 is 19.4 Å². The van der Waals surface area contributed by atoms with Crippen molar-refractivity contribution in [2.75, 3.05) is 19.7 Å². The second kappa shape index (κ2) is 6.92. The van der Waals surface area contributed by atoms with Gasteiger partial charge in [-0.2, -0.15) is 0 Å². The fourth-order valence-electron chi connectivity index (χ4n) is 2.48. The van der Waals surface area contributed by atoms with Crippen LogP contribution in [0.2, 0.25) is 0 Å². The molecule has 1 saturated carbocycles. The highest BCUT2D eigenvalue weighted by atomic mass is 16.5. The summed E-state index contributed by atoms with van der Waals surface area (Å²) in [6.45, 7) is 7.16. The van der Waals surface area contributed by atoms with Gasteiger partial charge < -0.3 is 20.5 Å². The number of carbonyl (C=O) groups is 2. The predicted molar refractivity (Wildman–Crippen MR) is 75.6 cm³/mol. The van der Waals surface area contributed by atoms with Gasteiger partial charge in [0.25, 0.3) is 0 Å². The minimum absolute atomic E-state index is 0.123. The molecule has 0 aromatic rings. The second-order valence-corrected chi connectivity index (χ2v) is 6.15. The molecule has 116 valence electrons. The highest BCUT2D eigenvalue weighted by molar-refractivity contribution is 5.74. The van der Waals surface area contributed by atoms with Gasteiger partial charge in [-0.25, -0.2) is 4.79 Å². The largest absolute Gasteiger partial charge is 0.481 e. The summed E-state index contributed by atoms with van der Waals surface area (Å²) >= 11 is 0. The van der Waals surface area contributed by atoms with Gasteiger partial charge in [0.15, 0.2) is 0 Å². The van der Waals surface area contributed by atoms with Crippen LogP contribution in [0.5, 0.6) is 0 Å². The molecule has 6 heteroatoms. The van der Waals surface area contributed by atoms with Crippen molar-refractivity contribution >= 4 is 12.0 Å². The smallest absolute Gasteiger partial charge is 0.314 e. The third-order valence-electron chi connectivity index (χ3n) is 3.77. The zero-order chi connectivity index (χ0) is 15.2. The summed E-state index contributed by atoms with van der Waals surface area (Å²) in [7, 11) is 0. The Morgan fingerprint density at radius 1 is 1.30 bits per heavy atom. The van der Waals surface area contributed by atoms with E-state index in [2.05, 4.69) is 10.6 Å². The van der Waals surface area contributed by atoms with Crippen molar-refractivity contribution in [3.8, 4) is 0 Å². The normalized spacial score (nSPS) is 17.1. The molecule has 0 saturated heterocycles. The molecule has 0 spiro atoms. The average Bonchev–Trinajstić information content (AvgIpc) is 2.29. The lowest BCUT2D eigenvalue weighted by atomic mass is 9.66. The third-order valence-corrected chi connectivity index (χ3v) is 3.77. The number of carboxylic acid groups (broad SMARTS) is 1. The lowest BCUT2D eigenvalue weighted by molar-refractivity contribution is -0.141. The van der Waals surface area contributed by atoms with Crippen LogP contribution in [0.3, 0.4) is 0 Å². The van der Waals surface area contributed by atoms with E-state index in [1.807, 2.05) is 20.8 Å². The zero-order valence-electron chi connectivity index (χ0n) is 12.6. The molecule has 0 unspecified atom stereocenters. The van der Waals surface area contributed by atoms with Crippen LogP contribution in [0.1, 0.15) is 46.5 Å². The first-order chi connectivity index (χ1) is 9.29. The van der Waals surface area contributed by atoms with Gasteiger partial charge in [-0.3, -0.25) is 4.79 Å². The van der Waals surface area contributed by atoms with Crippen LogP contribution in [0.15, 0.2) is 0 Å². The van der Waals surface area contributed by atoms with Crippen molar-refractivity contribution in [2.45, 2.75) is 52.1 Å². The van der Waals surface area contributed by atoms with Crippen LogP contribution in [0, 0.1) is 5.41 Å². The number of urea groups is 1. The van der Waals surface area contributed by atoms with E-state index in [4.69, 9.17) is 9.84 Å². The van der Waals surface area contributed by atoms with Crippen LogP contribution < -0.4 is 10.6 Å². The lowest BCUT2D eigenvalue weighted by Gasteiger charge is -2.40. The molecule has 0 radical (unpaired) electrons. The topological polar surface area (TPSA) is 87.7 Å². The first-order valence-electron chi connectivity index (χ1n) is 7.16. The van der Waals surface area contributed by atoms with E-state index >= 15 is 0 Å². The van der Waals surface area contributed by atoms with Crippen molar-refractivity contribution in [1.29, 1.82) is 0 Å². The van der Waals surface area contributed by atoms with Gasteiger partial charge in [0.05, 0.1) is 12.0 Å². The number of carboxylic acids is 1. The quantitative estimate of drug-likeness (QED) is 0.634. The highest BCUT2D eigenvalue weighted by Gasteiger charge is 2.39. The van der Waals surface area contributed by atoms with Gasteiger partial charge in [0, 0.05) is 19.7 Å². The molecule has 0 atom stereocenters.